The molecule has 0 radical (unpaired) electrons. The third-order valence-corrected chi connectivity index (χ3v) is 5.82. The average molecular weight is 412 g/mol. The Morgan fingerprint density at radius 3 is 2.74 bits per heavy atom. The normalized spacial score (nSPS) is 16.2. The minimum Gasteiger partial charge on any atom is -0.493 e. The number of aromatic nitrogens is 1. The van der Waals surface area contributed by atoms with Crippen molar-refractivity contribution >= 4 is 17.4 Å². The molecule has 5 rings (SSSR count). The van der Waals surface area contributed by atoms with E-state index in [9.17, 15) is 4.79 Å². The number of carbonyl (C=O) groups excluding carboxylic acids is 1. The number of amides is 1. The third kappa shape index (κ3) is 3.96. The van der Waals surface area contributed by atoms with Crippen LogP contribution in [-0.4, -0.2) is 29.9 Å². The molecule has 0 fully saturated rings. The zero-order chi connectivity index (χ0) is 21.2. The number of pyridine rings is 1. The lowest BCUT2D eigenvalue weighted by molar-refractivity contribution is 0.100. The minimum atomic E-state index is -0.229. The van der Waals surface area contributed by atoms with Crippen LogP contribution < -0.4 is 9.64 Å². The van der Waals surface area contributed by atoms with E-state index in [1.165, 1.54) is 5.56 Å². The summed E-state index contributed by atoms with van der Waals surface area (Å²) in [4.78, 5) is 24.7. The molecule has 0 aliphatic carbocycles. The molecule has 0 saturated carbocycles. The van der Waals surface area contributed by atoms with Crippen LogP contribution in [0.2, 0.25) is 0 Å². The Labute approximate surface area is 182 Å². The molecular formula is C26H25N3O2. The van der Waals surface area contributed by atoms with Crippen LogP contribution in [0.25, 0.3) is 11.3 Å². The van der Waals surface area contributed by atoms with E-state index in [2.05, 4.69) is 27.0 Å². The second kappa shape index (κ2) is 8.34. The fraction of sp³-hybridized carbons (Fsp3) is 0.269. The van der Waals surface area contributed by atoms with Gasteiger partial charge in [-0.15, -0.1) is 0 Å². The second-order valence-electron chi connectivity index (χ2n) is 8.08. The molecule has 2 aromatic carbocycles. The number of benzene rings is 2. The van der Waals surface area contributed by atoms with Crippen molar-refractivity contribution in [3.8, 4) is 17.0 Å². The molecular weight excluding hydrogens is 386 g/mol. The molecule has 3 aromatic rings. The fourth-order valence-corrected chi connectivity index (χ4v) is 4.32. The van der Waals surface area contributed by atoms with Crippen molar-refractivity contribution in [1.82, 2.24) is 4.98 Å². The van der Waals surface area contributed by atoms with Gasteiger partial charge < -0.3 is 9.64 Å². The molecule has 5 heteroatoms. The fourth-order valence-electron chi connectivity index (χ4n) is 4.32. The van der Waals surface area contributed by atoms with Crippen LogP contribution in [0.1, 0.15) is 40.9 Å². The number of amidine groups is 1. The van der Waals surface area contributed by atoms with Crippen molar-refractivity contribution in [2.24, 2.45) is 4.99 Å². The lowest BCUT2D eigenvalue weighted by Crippen LogP contribution is -2.29. The molecule has 0 unspecified atom stereocenters. The number of ether oxygens (including phenoxy) is 1. The number of carbonyl (C=O) groups is 1. The average Bonchev–Trinajstić information content (AvgIpc) is 3.12. The van der Waals surface area contributed by atoms with Gasteiger partial charge in [0.25, 0.3) is 5.91 Å². The lowest BCUT2D eigenvalue weighted by Gasteiger charge is -2.20. The van der Waals surface area contributed by atoms with Gasteiger partial charge in [-0.05, 0) is 62.1 Å². The number of para-hydroxylation sites is 2. The predicted molar refractivity (Wildman–Crippen MR) is 123 cm³/mol. The number of nitrogens with zero attached hydrogens (tertiary/aromatic N) is 3. The molecule has 31 heavy (non-hydrogen) atoms. The summed E-state index contributed by atoms with van der Waals surface area (Å²) in [5.41, 5.74) is 5.35. The van der Waals surface area contributed by atoms with E-state index in [0.29, 0.717) is 18.6 Å². The Balaban J connectivity index is 1.58. The standard InChI is InChI=1S/C26H25N3O2/c1-18-15-20-16-22(27-18)21-10-4-6-12-24(21)31-14-8-2-7-13-29-23-11-5-3-9-19(23)17-25(29)28-26(20)30/h3-6,9-12,15-16H,2,7-8,13-14,17H2,1H3. The molecule has 156 valence electrons. The van der Waals surface area contributed by atoms with E-state index < -0.39 is 0 Å². The van der Waals surface area contributed by atoms with Crippen molar-refractivity contribution in [3.05, 3.63) is 77.5 Å². The molecule has 5 nitrogen and oxygen atoms in total. The lowest BCUT2D eigenvalue weighted by atomic mass is 10.1. The largest absolute Gasteiger partial charge is 0.493 e. The minimum absolute atomic E-state index is 0.229. The van der Waals surface area contributed by atoms with Crippen LogP contribution in [0.5, 0.6) is 5.75 Å². The zero-order valence-corrected chi connectivity index (χ0v) is 17.7. The highest BCUT2D eigenvalue weighted by Crippen LogP contribution is 2.32. The van der Waals surface area contributed by atoms with Gasteiger partial charge in [0.05, 0.1) is 12.3 Å². The maximum Gasteiger partial charge on any atom is 0.278 e. The van der Waals surface area contributed by atoms with Crippen LogP contribution in [0.15, 0.2) is 65.7 Å². The molecule has 0 N–H and O–H groups in total. The molecule has 2 aliphatic heterocycles. The number of anilines is 1. The van der Waals surface area contributed by atoms with Gasteiger partial charge in [-0.25, -0.2) is 0 Å². The summed E-state index contributed by atoms with van der Waals surface area (Å²) in [5, 5.41) is 0. The monoisotopic (exact) mass is 411 g/mol. The van der Waals surface area contributed by atoms with Crippen molar-refractivity contribution < 1.29 is 9.53 Å². The molecule has 1 amide bonds. The number of hydrogen-bond acceptors (Lipinski definition) is 4. The Hall–Kier alpha value is -3.47. The first-order chi connectivity index (χ1) is 15.2. The van der Waals surface area contributed by atoms with Gasteiger partial charge in [0.1, 0.15) is 11.6 Å². The van der Waals surface area contributed by atoms with E-state index in [-0.39, 0.29) is 5.91 Å². The highest BCUT2D eigenvalue weighted by atomic mass is 16.5. The first-order valence-corrected chi connectivity index (χ1v) is 10.9. The Kier molecular flexibility index (Phi) is 5.24. The predicted octanol–water partition coefficient (Wildman–Crippen LogP) is 5.22. The second-order valence-corrected chi connectivity index (χ2v) is 8.08. The number of aryl methyl sites for hydroxylation is 1. The first-order valence-electron chi connectivity index (χ1n) is 10.9. The summed E-state index contributed by atoms with van der Waals surface area (Å²) in [6, 6.07) is 19.8. The third-order valence-electron chi connectivity index (χ3n) is 5.82. The smallest absolute Gasteiger partial charge is 0.278 e. The van der Waals surface area contributed by atoms with Crippen LogP contribution in [0.4, 0.5) is 5.69 Å². The van der Waals surface area contributed by atoms with Gasteiger partial charge >= 0.3 is 0 Å². The molecule has 2 aliphatic rings. The first kappa shape index (κ1) is 19.5. The topological polar surface area (TPSA) is 54.8 Å². The van der Waals surface area contributed by atoms with Crippen molar-refractivity contribution in [2.45, 2.75) is 32.6 Å². The summed E-state index contributed by atoms with van der Waals surface area (Å²) >= 11 is 0. The molecule has 3 heterocycles. The highest BCUT2D eigenvalue weighted by molar-refractivity contribution is 6.12. The van der Waals surface area contributed by atoms with Crippen molar-refractivity contribution in [1.29, 1.82) is 0 Å². The van der Waals surface area contributed by atoms with Crippen molar-refractivity contribution in [2.75, 3.05) is 18.1 Å². The van der Waals surface area contributed by atoms with E-state index >= 15 is 0 Å². The van der Waals surface area contributed by atoms with Crippen LogP contribution in [0.3, 0.4) is 0 Å². The number of aliphatic imine (C=N–C) groups is 1. The Morgan fingerprint density at radius 1 is 0.968 bits per heavy atom. The SMILES string of the molecule is Cc1cc2cc(n1)-c1ccccc1OCCCCCN1C(=NC2=O)Cc2ccccc21. The quantitative estimate of drug-likeness (QED) is 0.509. The van der Waals surface area contributed by atoms with Crippen LogP contribution in [0, 0.1) is 6.92 Å². The summed E-state index contributed by atoms with van der Waals surface area (Å²) in [5.74, 6) is 1.40. The van der Waals surface area contributed by atoms with Gasteiger partial charge in [0, 0.05) is 35.5 Å². The van der Waals surface area contributed by atoms with Crippen LogP contribution in [-0.2, 0) is 6.42 Å². The molecule has 2 bridgehead atoms. The van der Waals surface area contributed by atoms with E-state index in [4.69, 9.17) is 4.74 Å². The van der Waals surface area contributed by atoms with E-state index in [0.717, 1.165) is 60.0 Å². The molecule has 0 saturated heterocycles. The number of fused-ring (bicyclic) bond motifs is 7. The maximum absolute atomic E-state index is 13.2. The van der Waals surface area contributed by atoms with Gasteiger partial charge in [-0.3, -0.25) is 9.78 Å². The van der Waals surface area contributed by atoms with Crippen LogP contribution >= 0.6 is 0 Å². The Morgan fingerprint density at radius 2 is 1.81 bits per heavy atom. The number of rotatable bonds is 0. The Bertz CT molecular complexity index is 1170. The summed E-state index contributed by atoms with van der Waals surface area (Å²) in [7, 11) is 0. The number of hydrogen-bond donors (Lipinski definition) is 0. The summed E-state index contributed by atoms with van der Waals surface area (Å²) in [6.45, 7) is 3.41. The zero-order valence-electron chi connectivity index (χ0n) is 17.7. The molecule has 1 aromatic heterocycles. The summed E-state index contributed by atoms with van der Waals surface area (Å²) < 4.78 is 6.10. The van der Waals surface area contributed by atoms with Gasteiger partial charge in [-0.1, -0.05) is 30.3 Å². The van der Waals surface area contributed by atoms with Gasteiger partial charge in [0.2, 0.25) is 0 Å². The van der Waals surface area contributed by atoms with Gasteiger partial charge in [0.15, 0.2) is 0 Å². The van der Waals surface area contributed by atoms with Gasteiger partial charge in [-0.2, -0.15) is 4.99 Å². The molecule has 0 atom stereocenters. The maximum atomic E-state index is 13.2. The molecule has 0 spiro atoms. The summed E-state index contributed by atoms with van der Waals surface area (Å²) in [6.07, 6.45) is 3.72. The van der Waals surface area contributed by atoms with Crippen molar-refractivity contribution in [3.63, 3.8) is 0 Å². The van der Waals surface area contributed by atoms with E-state index in [1.54, 1.807) is 0 Å². The van der Waals surface area contributed by atoms with E-state index in [1.807, 2.05) is 55.5 Å². The highest BCUT2D eigenvalue weighted by Gasteiger charge is 2.26.